The molecule has 1 aromatic carbocycles. The Bertz CT molecular complexity index is 863. The fraction of sp³-hybridized carbons (Fsp3) is 0.357. The Kier molecular flexibility index (Phi) is 5.26. The van der Waals surface area contributed by atoms with Crippen LogP contribution in [0.25, 0.3) is 0 Å². The second-order valence-electron chi connectivity index (χ2n) is 5.16. The first kappa shape index (κ1) is 18.4. The lowest BCUT2D eigenvalue weighted by Gasteiger charge is -2.14. The van der Waals surface area contributed by atoms with Crippen LogP contribution in [0.4, 0.5) is 0 Å². The smallest absolute Gasteiger partial charge is 0.338 e. The van der Waals surface area contributed by atoms with Crippen LogP contribution in [0, 0.1) is 6.92 Å². The SMILES string of the molecule is Cc1noc(C(C)OC(=O)c2ccc(Cl)c(S(=O)(=O)N(C)C)c2)n1. The van der Waals surface area contributed by atoms with Crippen molar-refractivity contribution in [1.29, 1.82) is 0 Å². The lowest BCUT2D eigenvalue weighted by molar-refractivity contribution is 0.0265. The maximum Gasteiger partial charge on any atom is 0.338 e. The van der Waals surface area contributed by atoms with Crippen molar-refractivity contribution in [1.82, 2.24) is 14.4 Å². The summed E-state index contributed by atoms with van der Waals surface area (Å²) in [4.78, 5) is 16.0. The number of benzene rings is 1. The minimum Gasteiger partial charge on any atom is -0.449 e. The standard InChI is InChI=1S/C14H16ClN3O5S/c1-8(13-16-9(2)17-23-13)22-14(19)10-5-6-11(15)12(7-10)24(20,21)18(3)4/h5-8H,1-4H3. The fourth-order valence-electron chi connectivity index (χ4n) is 1.78. The molecule has 130 valence electrons. The van der Waals surface area contributed by atoms with Crippen molar-refractivity contribution in [2.24, 2.45) is 0 Å². The predicted molar refractivity (Wildman–Crippen MR) is 85.2 cm³/mol. The number of esters is 1. The molecule has 0 radical (unpaired) electrons. The molecule has 0 aliphatic rings. The van der Waals surface area contributed by atoms with E-state index in [1.54, 1.807) is 13.8 Å². The van der Waals surface area contributed by atoms with Crippen LogP contribution in [0.5, 0.6) is 0 Å². The van der Waals surface area contributed by atoms with Gasteiger partial charge in [-0.1, -0.05) is 16.8 Å². The summed E-state index contributed by atoms with van der Waals surface area (Å²) in [6, 6.07) is 3.88. The number of carbonyl (C=O) groups is 1. The Morgan fingerprint density at radius 1 is 1.38 bits per heavy atom. The molecule has 0 amide bonds. The summed E-state index contributed by atoms with van der Waals surface area (Å²) in [7, 11) is -1.04. The first-order chi connectivity index (χ1) is 11.1. The number of ether oxygens (including phenoxy) is 1. The van der Waals surface area contributed by atoms with Crippen LogP contribution in [-0.2, 0) is 14.8 Å². The van der Waals surface area contributed by atoms with Gasteiger partial charge in [-0.2, -0.15) is 4.98 Å². The number of hydrogen-bond donors (Lipinski definition) is 0. The lowest BCUT2D eigenvalue weighted by Crippen LogP contribution is -2.23. The number of sulfonamides is 1. The molecule has 8 nitrogen and oxygen atoms in total. The zero-order chi connectivity index (χ0) is 18.1. The zero-order valence-electron chi connectivity index (χ0n) is 13.5. The highest BCUT2D eigenvalue weighted by Gasteiger charge is 2.24. The van der Waals surface area contributed by atoms with Crippen molar-refractivity contribution < 1.29 is 22.5 Å². The molecule has 1 aromatic heterocycles. The third-order valence-corrected chi connectivity index (χ3v) is 5.40. The van der Waals surface area contributed by atoms with Crippen LogP contribution in [0.1, 0.15) is 35.1 Å². The van der Waals surface area contributed by atoms with Crippen molar-refractivity contribution in [3.8, 4) is 0 Å². The molecule has 0 aliphatic heterocycles. The van der Waals surface area contributed by atoms with Crippen LogP contribution in [0.15, 0.2) is 27.6 Å². The lowest BCUT2D eigenvalue weighted by atomic mass is 10.2. The van der Waals surface area contributed by atoms with E-state index in [9.17, 15) is 13.2 Å². The third kappa shape index (κ3) is 3.74. The van der Waals surface area contributed by atoms with E-state index >= 15 is 0 Å². The van der Waals surface area contributed by atoms with Gasteiger partial charge in [0.25, 0.3) is 5.89 Å². The van der Waals surface area contributed by atoms with Crippen molar-refractivity contribution in [2.75, 3.05) is 14.1 Å². The van der Waals surface area contributed by atoms with Crippen molar-refractivity contribution in [3.05, 3.63) is 40.5 Å². The largest absolute Gasteiger partial charge is 0.449 e. The molecule has 1 heterocycles. The summed E-state index contributed by atoms with van der Waals surface area (Å²) in [5, 5.41) is 3.63. The molecular formula is C14H16ClN3O5S. The van der Waals surface area contributed by atoms with Crippen molar-refractivity contribution in [2.45, 2.75) is 24.8 Å². The monoisotopic (exact) mass is 373 g/mol. The quantitative estimate of drug-likeness (QED) is 0.740. The summed E-state index contributed by atoms with van der Waals surface area (Å²) in [5.74, 6) is -0.167. The van der Waals surface area contributed by atoms with E-state index in [4.69, 9.17) is 20.9 Å². The molecule has 0 fully saturated rings. The van der Waals surface area contributed by atoms with Crippen LogP contribution in [0.2, 0.25) is 5.02 Å². The van der Waals surface area contributed by atoms with E-state index in [1.807, 2.05) is 0 Å². The van der Waals surface area contributed by atoms with Gasteiger partial charge in [0.15, 0.2) is 11.9 Å². The van der Waals surface area contributed by atoms with Gasteiger partial charge in [-0.05, 0) is 32.0 Å². The molecule has 0 bridgehead atoms. The second-order valence-corrected chi connectivity index (χ2v) is 7.69. The van der Waals surface area contributed by atoms with Crippen LogP contribution >= 0.6 is 11.6 Å². The van der Waals surface area contributed by atoms with E-state index in [-0.39, 0.29) is 21.4 Å². The molecule has 2 aromatic rings. The molecule has 1 unspecified atom stereocenters. The van der Waals surface area contributed by atoms with Crippen LogP contribution in [0.3, 0.4) is 0 Å². The first-order valence-corrected chi connectivity index (χ1v) is 8.68. The van der Waals surface area contributed by atoms with Gasteiger partial charge < -0.3 is 9.26 Å². The van der Waals surface area contributed by atoms with Gasteiger partial charge >= 0.3 is 5.97 Å². The first-order valence-electron chi connectivity index (χ1n) is 6.86. The number of aromatic nitrogens is 2. The Labute approximate surface area is 144 Å². The van der Waals surface area contributed by atoms with E-state index in [0.29, 0.717) is 5.82 Å². The van der Waals surface area contributed by atoms with Gasteiger partial charge in [0, 0.05) is 14.1 Å². The summed E-state index contributed by atoms with van der Waals surface area (Å²) < 4.78 is 35.6. The Morgan fingerprint density at radius 3 is 2.58 bits per heavy atom. The van der Waals surface area contributed by atoms with Gasteiger partial charge in [0.05, 0.1) is 10.6 Å². The Balaban J connectivity index is 2.28. The average molecular weight is 374 g/mol. The van der Waals surface area contributed by atoms with Gasteiger partial charge in [0.1, 0.15) is 4.90 Å². The van der Waals surface area contributed by atoms with Gasteiger partial charge in [-0.25, -0.2) is 17.5 Å². The highest BCUT2D eigenvalue weighted by Crippen LogP contribution is 2.26. The van der Waals surface area contributed by atoms with Crippen LogP contribution < -0.4 is 0 Å². The molecule has 0 aliphatic carbocycles. The molecule has 24 heavy (non-hydrogen) atoms. The molecule has 0 spiro atoms. The molecule has 0 N–H and O–H groups in total. The Morgan fingerprint density at radius 2 is 2.04 bits per heavy atom. The number of rotatable bonds is 5. The molecule has 2 rings (SSSR count). The molecule has 0 saturated carbocycles. The summed E-state index contributed by atoms with van der Waals surface area (Å²) in [6.07, 6.45) is -0.775. The Hall–Kier alpha value is -1.97. The topological polar surface area (TPSA) is 103 Å². The molecule has 10 heteroatoms. The number of halogens is 1. The van der Waals surface area contributed by atoms with Gasteiger partial charge in [0.2, 0.25) is 10.0 Å². The minimum atomic E-state index is -3.79. The number of nitrogens with zero attached hydrogens (tertiary/aromatic N) is 3. The predicted octanol–water partition coefficient (Wildman–Crippen LogP) is 2.20. The van der Waals surface area contributed by atoms with Crippen molar-refractivity contribution in [3.63, 3.8) is 0 Å². The summed E-state index contributed by atoms with van der Waals surface area (Å²) in [5.41, 5.74) is 0.0444. The van der Waals surface area contributed by atoms with E-state index < -0.39 is 22.1 Å². The van der Waals surface area contributed by atoms with E-state index in [1.165, 1.54) is 32.3 Å². The fourth-order valence-corrected chi connectivity index (χ4v) is 3.18. The third-order valence-electron chi connectivity index (χ3n) is 3.10. The summed E-state index contributed by atoms with van der Waals surface area (Å²) in [6.45, 7) is 3.21. The zero-order valence-corrected chi connectivity index (χ0v) is 15.1. The number of carbonyl (C=O) groups excluding carboxylic acids is 1. The van der Waals surface area contributed by atoms with Crippen LogP contribution in [-0.4, -0.2) is 42.9 Å². The average Bonchev–Trinajstić information content (AvgIpc) is 2.93. The number of hydrogen-bond acceptors (Lipinski definition) is 7. The minimum absolute atomic E-state index is 0.0147. The second kappa shape index (κ2) is 6.88. The normalized spacial score (nSPS) is 13.1. The van der Waals surface area contributed by atoms with Gasteiger partial charge in [-0.15, -0.1) is 0 Å². The van der Waals surface area contributed by atoms with Gasteiger partial charge in [-0.3, -0.25) is 0 Å². The van der Waals surface area contributed by atoms with E-state index in [2.05, 4.69) is 10.1 Å². The highest BCUT2D eigenvalue weighted by molar-refractivity contribution is 7.89. The highest BCUT2D eigenvalue weighted by atomic mass is 35.5. The molecular weight excluding hydrogens is 358 g/mol. The van der Waals surface area contributed by atoms with E-state index in [0.717, 1.165) is 4.31 Å². The number of aryl methyl sites for hydroxylation is 1. The molecule has 1 atom stereocenters. The molecule has 0 saturated heterocycles. The maximum absolute atomic E-state index is 12.2. The van der Waals surface area contributed by atoms with Crippen molar-refractivity contribution >= 4 is 27.6 Å². The maximum atomic E-state index is 12.2. The summed E-state index contributed by atoms with van der Waals surface area (Å²) >= 11 is 5.94.